The van der Waals surface area contributed by atoms with Gasteiger partial charge in [-0.25, -0.2) is 0 Å². The van der Waals surface area contributed by atoms with Crippen molar-refractivity contribution in [3.05, 3.63) is 24.0 Å². The van der Waals surface area contributed by atoms with Crippen LogP contribution in [0.1, 0.15) is 26.2 Å². The predicted molar refractivity (Wildman–Crippen MR) is 69.6 cm³/mol. The van der Waals surface area contributed by atoms with Crippen LogP contribution in [0.5, 0.6) is 0 Å². The van der Waals surface area contributed by atoms with Crippen LogP contribution < -0.4 is 0 Å². The second kappa shape index (κ2) is 4.49. The molecule has 3 aliphatic carbocycles. The van der Waals surface area contributed by atoms with E-state index in [1.54, 1.807) is 0 Å². The zero-order valence-electron chi connectivity index (χ0n) is 10.9. The molecule has 94 valence electrons. The highest BCUT2D eigenvalue weighted by Crippen LogP contribution is 2.47. The minimum Gasteiger partial charge on any atom is -0.494 e. The molecule has 2 unspecified atom stereocenters. The fourth-order valence-corrected chi connectivity index (χ4v) is 3.29. The molecule has 17 heavy (non-hydrogen) atoms. The Balaban J connectivity index is 1.61. The van der Waals surface area contributed by atoms with Gasteiger partial charge in [-0.05, 0) is 44.2 Å². The van der Waals surface area contributed by atoms with Crippen LogP contribution in [-0.2, 0) is 4.74 Å². The van der Waals surface area contributed by atoms with Crippen molar-refractivity contribution in [1.29, 1.82) is 0 Å². The van der Waals surface area contributed by atoms with Crippen LogP contribution in [0.2, 0.25) is 0 Å². The van der Waals surface area contributed by atoms with Crippen LogP contribution in [0.3, 0.4) is 0 Å². The first-order valence-corrected chi connectivity index (χ1v) is 6.97. The van der Waals surface area contributed by atoms with E-state index in [0.717, 1.165) is 11.8 Å². The molecule has 0 amide bonds. The number of fused-ring (bicyclic) bond motifs is 1. The molecule has 4 rings (SSSR count). The van der Waals surface area contributed by atoms with Gasteiger partial charge in [0.2, 0.25) is 0 Å². The minimum absolute atomic E-state index is 0.454. The highest BCUT2D eigenvalue weighted by atomic mass is 16.5. The number of hydrogen-bond acceptors (Lipinski definition) is 2. The largest absolute Gasteiger partial charge is 0.494 e. The predicted octanol–water partition coefficient (Wildman–Crippen LogP) is 2.82. The molecule has 1 heterocycles. The quantitative estimate of drug-likeness (QED) is 0.727. The molecule has 3 atom stereocenters. The molecule has 0 aromatic carbocycles. The average Bonchev–Trinajstić information content (AvgIpc) is 2.62. The molecule has 0 aromatic heterocycles. The van der Waals surface area contributed by atoms with Gasteiger partial charge < -0.3 is 9.64 Å². The highest BCUT2D eigenvalue weighted by Gasteiger charge is 2.40. The van der Waals surface area contributed by atoms with Crippen molar-refractivity contribution >= 4 is 0 Å². The molecule has 4 aliphatic rings. The van der Waals surface area contributed by atoms with Gasteiger partial charge in [0, 0.05) is 19.0 Å². The summed E-state index contributed by atoms with van der Waals surface area (Å²) in [6.45, 7) is 4.72. The Morgan fingerprint density at radius 1 is 1.29 bits per heavy atom. The molecular formula is C15H23NO. The molecule has 1 aliphatic heterocycles. The lowest BCUT2D eigenvalue weighted by Crippen LogP contribution is -2.38. The Kier molecular flexibility index (Phi) is 2.99. The van der Waals surface area contributed by atoms with Gasteiger partial charge in [0.05, 0.1) is 5.76 Å². The van der Waals surface area contributed by atoms with Gasteiger partial charge in [-0.2, -0.15) is 0 Å². The van der Waals surface area contributed by atoms with E-state index >= 15 is 0 Å². The van der Waals surface area contributed by atoms with Crippen LogP contribution in [0.15, 0.2) is 24.0 Å². The Morgan fingerprint density at radius 3 is 2.76 bits per heavy atom. The standard InChI is InChI=1S/C15H23NO/c1-11-12-4-3-5-15(14(11)10-12)17-13-6-8-16(2)9-7-13/h3-5,11-14H,6-10H2,1-2H3/t11?,12?,14-/m1/s1. The Bertz CT molecular complexity index is 339. The Labute approximate surface area is 104 Å². The lowest BCUT2D eigenvalue weighted by molar-refractivity contribution is 0.00991. The van der Waals surface area contributed by atoms with Crippen LogP contribution in [0, 0.1) is 17.8 Å². The van der Waals surface area contributed by atoms with Gasteiger partial charge in [0.15, 0.2) is 0 Å². The number of ether oxygens (including phenoxy) is 1. The third-order valence-corrected chi connectivity index (χ3v) is 4.79. The molecule has 0 spiro atoms. The molecule has 0 aromatic rings. The van der Waals surface area contributed by atoms with Crippen LogP contribution >= 0.6 is 0 Å². The fourth-order valence-electron chi connectivity index (χ4n) is 3.29. The van der Waals surface area contributed by atoms with E-state index in [4.69, 9.17) is 4.74 Å². The van der Waals surface area contributed by atoms with Crippen LogP contribution in [0.25, 0.3) is 0 Å². The van der Waals surface area contributed by atoms with Gasteiger partial charge in [0.25, 0.3) is 0 Å². The van der Waals surface area contributed by atoms with E-state index in [2.05, 4.69) is 37.1 Å². The van der Waals surface area contributed by atoms with Gasteiger partial charge >= 0.3 is 0 Å². The summed E-state index contributed by atoms with van der Waals surface area (Å²) >= 11 is 0. The summed E-state index contributed by atoms with van der Waals surface area (Å²) in [6.07, 6.45) is 10.9. The molecule has 2 heteroatoms. The molecule has 2 fully saturated rings. The third-order valence-electron chi connectivity index (χ3n) is 4.79. The molecule has 2 nitrogen and oxygen atoms in total. The molecule has 2 bridgehead atoms. The zero-order chi connectivity index (χ0) is 11.8. The van der Waals surface area contributed by atoms with Gasteiger partial charge in [-0.1, -0.05) is 19.1 Å². The lowest BCUT2D eigenvalue weighted by Gasteiger charge is -2.42. The summed E-state index contributed by atoms with van der Waals surface area (Å²) < 4.78 is 6.26. The van der Waals surface area contributed by atoms with Crippen molar-refractivity contribution in [3.8, 4) is 0 Å². The first-order valence-electron chi connectivity index (χ1n) is 6.97. The van der Waals surface area contributed by atoms with Gasteiger partial charge in [-0.3, -0.25) is 0 Å². The maximum atomic E-state index is 6.26. The second-order valence-corrected chi connectivity index (χ2v) is 5.94. The average molecular weight is 233 g/mol. The maximum absolute atomic E-state index is 6.26. The van der Waals surface area contributed by atoms with E-state index in [1.165, 1.54) is 38.1 Å². The van der Waals surface area contributed by atoms with E-state index < -0.39 is 0 Å². The zero-order valence-corrected chi connectivity index (χ0v) is 10.9. The van der Waals surface area contributed by atoms with E-state index in [9.17, 15) is 0 Å². The Morgan fingerprint density at radius 2 is 2.06 bits per heavy atom. The van der Waals surface area contributed by atoms with E-state index in [1.807, 2.05) is 0 Å². The number of piperidine rings is 1. The summed E-state index contributed by atoms with van der Waals surface area (Å²) in [5.74, 6) is 3.54. The highest BCUT2D eigenvalue weighted by molar-refractivity contribution is 5.22. The van der Waals surface area contributed by atoms with Crippen molar-refractivity contribution in [2.24, 2.45) is 17.8 Å². The first-order chi connectivity index (χ1) is 8.24. The maximum Gasteiger partial charge on any atom is 0.101 e. The van der Waals surface area contributed by atoms with Crippen molar-refractivity contribution in [2.45, 2.75) is 32.3 Å². The number of rotatable bonds is 2. The number of nitrogens with zero attached hydrogens (tertiary/aromatic N) is 1. The Hall–Kier alpha value is -0.760. The number of likely N-dealkylation sites (tertiary alicyclic amines) is 1. The number of hydrogen-bond donors (Lipinski definition) is 0. The monoisotopic (exact) mass is 233 g/mol. The smallest absolute Gasteiger partial charge is 0.101 e. The summed E-state index contributed by atoms with van der Waals surface area (Å²) in [5, 5.41) is 0. The summed E-state index contributed by atoms with van der Waals surface area (Å²) in [6, 6.07) is 0. The first kappa shape index (κ1) is 11.3. The van der Waals surface area contributed by atoms with Crippen LogP contribution in [-0.4, -0.2) is 31.1 Å². The topological polar surface area (TPSA) is 12.5 Å². The van der Waals surface area contributed by atoms with Crippen molar-refractivity contribution in [2.75, 3.05) is 20.1 Å². The summed E-state index contributed by atoms with van der Waals surface area (Å²) in [4.78, 5) is 2.39. The van der Waals surface area contributed by atoms with Gasteiger partial charge in [-0.15, -0.1) is 0 Å². The van der Waals surface area contributed by atoms with E-state index in [-0.39, 0.29) is 0 Å². The SMILES string of the molecule is CC1C2C=CC=C(OC3CCN(C)CC3)[C@@H]1C2. The molecule has 0 N–H and O–H groups in total. The second-order valence-electron chi connectivity index (χ2n) is 5.94. The normalized spacial score (nSPS) is 38.2. The van der Waals surface area contributed by atoms with Crippen LogP contribution in [0.4, 0.5) is 0 Å². The molecule has 0 radical (unpaired) electrons. The summed E-state index contributed by atoms with van der Waals surface area (Å²) in [5.41, 5.74) is 0. The molecule has 1 saturated carbocycles. The van der Waals surface area contributed by atoms with Crippen molar-refractivity contribution in [1.82, 2.24) is 4.90 Å². The lowest BCUT2D eigenvalue weighted by atomic mass is 9.66. The summed E-state index contributed by atoms with van der Waals surface area (Å²) in [7, 11) is 2.20. The molecular weight excluding hydrogens is 210 g/mol. The van der Waals surface area contributed by atoms with Crippen molar-refractivity contribution in [3.63, 3.8) is 0 Å². The van der Waals surface area contributed by atoms with Crippen molar-refractivity contribution < 1.29 is 4.74 Å². The fraction of sp³-hybridized carbons (Fsp3) is 0.733. The van der Waals surface area contributed by atoms with E-state index in [0.29, 0.717) is 12.0 Å². The molecule has 1 saturated heterocycles. The van der Waals surface area contributed by atoms with Gasteiger partial charge in [0.1, 0.15) is 6.10 Å². The third kappa shape index (κ3) is 2.15. The number of allylic oxidation sites excluding steroid dienone is 4. The minimum atomic E-state index is 0.454.